The molecule has 2 fully saturated rings. The third kappa shape index (κ3) is 6.86. The van der Waals surface area contributed by atoms with Crippen molar-refractivity contribution in [1.29, 1.82) is 0 Å². The van der Waals surface area contributed by atoms with Crippen molar-refractivity contribution in [2.75, 3.05) is 64.1 Å². The summed E-state index contributed by atoms with van der Waals surface area (Å²) >= 11 is 0. The van der Waals surface area contributed by atoms with Crippen LogP contribution in [-0.2, 0) is 14.3 Å². The number of fused-ring (bicyclic) bond motifs is 2. The molecule has 1 saturated heterocycles. The fraction of sp³-hybridized carbons (Fsp3) is 0.429. The number of nitrogens with one attached hydrogen (secondary N) is 1. The molecule has 4 aromatic rings. The Balaban J connectivity index is 0.821. The Morgan fingerprint density at radius 3 is 2.40 bits per heavy atom. The molecule has 0 unspecified atom stereocenters. The number of hydroxylamine groups is 2. The zero-order chi connectivity index (χ0) is 32.4. The molecule has 12 nitrogen and oxygen atoms in total. The molecule has 12 heteroatoms. The topological polar surface area (TPSA) is 122 Å². The number of imide groups is 1. The summed E-state index contributed by atoms with van der Waals surface area (Å²) in [5.74, 6) is 0.935. The van der Waals surface area contributed by atoms with Gasteiger partial charge in [0.2, 0.25) is 0 Å². The van der Waals surface area contributed by atoms with Gasteiger partial charge in [0.25, 0.3) is 11.8 Å². The van der Waals surface area contributed by atoms with Crippen LogP contribution >= 0.6 is 0 Å². The Labute approximate surface area is 273 Å². The van der Waals surface area contributed by atoms with Gasteiger partial charge in [0, 0.05) is 49.4 Å². The number of H-pyrrole nitrogens is 1. The van der Waals surface area contributed by atoms with Crippen molar-refractivity contribution in [1.82, 2.24) is 25.1 Å². The largest absolute Gasteiger partial charge is 0.488 e. The molecule has 246 valence electrons. The van der Waals surface area contributed by atoms with E-state index in [2.05, 4.69) is 46.0 Å². The normalized spacial score (nSPS) is 19.1. The number of nitrogens with zero attached hydrogens (tertiary/aromatic N) is 5. The van der Waals surface area contributed by atoms with Gasteiger partial charge in [0.05, 0.1) is 49.7 Å². The van der Waals surface area contributed by atoms with E-state index in [9.17, 15) is 9.59 Å². The highest BCUT2D eigenvalue weighted by Crippen LogP contribution is 2.40. The maximum atomic E-state index is 12.3. The first-order chi connectivity index (χ1) is 22.9. The number of aromatic nitrogens is 3. The standard InChI is InChI=1S/C35H40N6O6/c1-24-23-40(31-21-25(9-12-36-31)32-29-22-26(47-35(2)10-11-35)7-8-30(29)37-38-32)14-13-39(24)15-16-44-17-18-45-19-20-46-41-33(42)27-5-3-4-6-28(27)34(41)43/h3-9,12,21-22,24H,10-11,13-20,23H2,1-2H3,(H,37,38)/t24-/m0/s1. The van der Waals surface area contributed by atoms with E-state index in [-0.39, 0.29) is 18.8 Å². The van der Waals surface area contributed by atoms with Crippen LogP contribution in [0.2, 0.25) is 0 Å². The van der Waals surface area contributed by atoms with Crippen molar-refractivity contribution in [3.63, 3.8) is 0 Å². The number of ether oxygens (including phenoxy) is 3. The summed E-state index contributed by atoms with van der Waals surface area (Å²) in [4.78, 5) is 39.5. The number of rotatable bonds is 14. The molecule has 7 rings (SSSR count). The molecule has 1 N–H and O–H groups in total. The van der Waals surface area contributed by atoms with Crippen molar-refractivity contribution in [3.05, 3.63) is 71.9 Å². The third-order valence-electron chi connectivity index (χ3n) is 9.06. The summed E-state index contributed by atoms with van der Waals surface area (Å²) in [6.45, 7) is 9.65. The van der Waals surface area contributed by atoms with E-state index in [1.54, 1.807) is 24.3 Å². The first-order valence-corrected chi connectivity index (χ1v) is 16.3. The number of benzene rings is 2. The second-order valence-corrected chi connectivity index (χ2v) is 12.6. The molecule has 2 aromatic heterocycles. The van der Waals surface area contributed by atoms with Crippen LogP contribution in [0, 0.1) is 0 Å². The smallest absolute Gasteiger partial charge is 0.285 e. The molecule has 2 amide bonds. The highest BCUT2D eigenvalue weighted by molar-refractivity contribution is 6.20. The number of carbonyl (C=O) groups excluding carboxylic acids is 2. The first-order valence-electron chi connectivity index (χ1n) is 16.3. The lowest BCUT2D eigenvalue weighted by atomic mass is 10.1. The molecular weight excluding hydrogens is 600 g/mol. The van der Waals surface area contributed by atoms with Crippen molar-refractivity contribution in [3.8, 4) is 17.0 Å². The van der Waals surface area contributed by atoms with Gasteiger partial charge in [-0.2, -0.15) is 5.10 Å². The van der Waals surface area contributed by atoms with Crippen molar-refractivity contribution >= 4 is 28.5 Å². The summed E-state index contributed by atoms with van der Waals surface area (Å²) in [5, 5.41) is 9.66. The number of anilines is 1. The van der Waals surface area contributed by atoms with Gasteiger partial charge in [-0.3, -0.25) is 24.4 Å². The third-order valence-corrected chi connectivity index (χ3v) is 9.06. The Bertz CT molecular complexity index is 1720. The number of piperazine rings is 1. The Hall–Kier alpha value is -4.36. The molecule has 1 atom stereocenters. The van der Waals surface area contributed by atoms with Gasteiger partial charge in [-0.25, -0.2) is 4.98 Å². The van der Waals surface area contributed by atoms with Crippen LogP contribution in [0.15, 0.2) is 60.8 Å². The lowest BCUT2D eigenvalue weighted by molar-refractivity contribution is -0.108. The zero-order valence-electron chi connectivity index (χ0n) is 26.8. The lowest BCUT2D eigenvalue weighted by Crippen LogP contribution is -2.53. The SMILES string of the molecule is C[C@H]1CN(c2cc(-c3n[nH]c4ccc(OC5(C)CC5)cc34)ccn2)CCN1CCOCCOCCON1C(=O)c2ccccc2C1=O. The number of amides is 2. The summed E-state index contributed by atoms with van der Waals surface area (Å²) in [7, 11) is 0. The van der Waals surface area contributed by atoms with Crippen LogP contribution in [-0.4, -0.2) is 108 Å². The highest BCUT2D eigenvalue weighted by Gasteiger charge is 2.40. The van der Waals surface area contributed by atoms with Crippen LogP contribution in [0.5, 0.6) is 5.75 Å². The van der Waals surface area contributed by atoms with E-state index in [0.29, 0.717) is 37.0 Å². The van der Waals surface area contributed by atoms with E-state index in [1.807, 2.05) is 24.4 Å². The number of hydrogen-bond donors (Lipinski definition) is 1. The predicted molar refractivity (Wildman–Crippen MR) is 175 cm³/mol. The van der Waals surface area contributed by atoms with E-state index in [1.165, 1.54) is 0 Å². The van der Waals surface area contributed by atoms with E-state index in [0.717, 1.165) is 77.8 Å². The number of aromatic amines is 1. The molecular formula is C35H40N6O6. The summed E-state index contributed by atoms with van der Waals surface area (Å²) in [6.07, 6.45) is 4.04. The van der Waals surface area contributed by atoms with Gasteiger partial charge in [-0.15, -0.1) is 5.06 Å². The lowest BCUT2D eigenvalue weighted by Gasteiger charge is -2.40. The van der Waals surface area contributed by atoms with Crippen LogP contribution < -0.4 is 9.64 Å². The van der Waals surface area contributed by atoms with E-state index >= 15 is 0 Å². The van der Waals surface area contributed by atoms with E-state index in [4.69, 9.17) is 24.0 Å². The second-order valence-electron chi connectivity index (χ2n) is 12.6. The number of carbonyl (C=O) groups is 2. The van der Waals surface area contributed by atoms with Gasteiger partial charge in [0.15, 0.2) is 0 Å². The molecule has 1 saturated carbocycles. The molecule has 3 aliphatic rings. The van der Waals surface area contributed by atoms with Crippen LogP contribution in [0.25, 0.3) is 22.2 Å². The monoisotopic (exact) mass is 640 g/mol. The number of hydrogen-bond acceptors (Lipinski definition) is 10. The van der Waals surface area contributed by atoms with Crippen molar-refractivity contribution in [2.24, 2.45) is 0 Å². The van der Waals surface area contributed by atoms with Crippen molar-refractivity contribution in [2.45, 2.75) is 38.3 Å². The molecule has 0 spiro atoms. The average molecular weight is 641 g/mol. The predicted octanol–water partition coefficient (Wildman–Crippen LogP) is 4.33. The number of pyridine rings is 1. The molecule has 2 aliphatic heterocycles. The van der Waals surface area contributed by atoms with Crippen LogP contribution in [0.4, 0.5) is 5.82 Å². The summed E-state index contributed by atoms with van der Waals surface area (Å²) < 4.78 is 17.6. The summed E-state index contributed by atoms with van der Waals surface area (Å²) in [6, 6.07) is 17.3. The van der Waals surface area contributed by atoms with Gasteiger partial charge in [-0.1, -0.05) is 12.1 Å². The van der Waals surface area contributed by atoms with E-state index < -0.39 is 11.8 Å². The van der Waals surface area contributed by atoms with Gasteiger partial charge in [0.1, 0.15) is 22.9 Å². The fourth-order valence-corrected chi connectivity index (χ4v) is 6.09. The molecule has 4 heterocycles. The molecule has 2 aromatic carbocycles. The van der Waals surface area contributed by atoms with Crippen molar-refractivity contribution < 1.29 is 28.6 Å². The maximum Gasteiger partial charge on any atom is 0.285 e. The quantitative estimate of drug-likeness (QED) is 0.157. The highest BCUT2D eigenvalue weighted by atomic mass is 16.7. The van der Waals surface area contributed by atoms with Crippen LogP contribution in [0.3, 0.4) is 0 Å². The molecule has 1 aliphatic carbocycles. The van der Waals surface area contributed by atoms with Crippen LogP contribution in [0.1, 0.15) is 47.4 Å². The second kappa shape index (κ2) is 13.4. The molecule has 47 heavy (non-hydrogen) atoms. The fourth-order valence-electron chi connectivity index (χ4n) is 6.09. The maximum absolute atomic E-state index is 12.3. The Kier molecular flexibility index (Phi) is 8.91. The Morgan fingerprint density at radius 2 is 1.66 bits per heavy atom. The van der Waals surface area contributed by atoms with Gasteiger partial charge >= 0.3 is 0 Å². The zero-order valence-corrected chi connectivity index (χ0v) is 26.8. The summed E-state index contributed by atoms with van der Waals surface area (Å²) in [5.41, 5.74) is 3.59. The minimum Gasteiger partial charge on any atom is -0.488 e. The average Bonchev–Trinajstić information content (AvgIpc) is 3.57. The molecule has 0 bridgehead atoms. The minimum absolute atomic E-state index is 0.0345. The molecule has 0 radical (unpaired) electrons. The first kappa shape index (κ1) is 31.3. The minimum atomic E-state index is -0.445. The van der Waals surface area contributed by atoms with Gasteiger partial charge in [-0.05, 0) is 69.2 Å². The Morgan fingerprint density at radius 1 is 0.915 bits per heavy atom. The van der Waals surface area contributed by atoms with Gasteiger partial charge < -0.3 is 19.1 Å².